The summed E-state index contributed by atoms with van der Waals surface area (Å²) in [5, 5.41) is 4.57. The molecule has 0 amide bonds. The molecule has 1 fully saturated rings. The van der Waals surface area contributed by atoms with Gasteiger partial charge in [-0.1, -0.05) is 36.7 Å². The van der Waals surface area contributed by atoms with E-state index in [1.165, 1.54) is 12.0 Å². The van der Waals surface area contributed by atoms with Gasteiger partial charge in [0.05, 0.1) is 0 Å². The van der Waals surface area contributed by atoms with E-state index in [-0.39, 0.29) is 5.54 Å². The van der Waals surface area contributed by atoms with Gasteiger partial charge in [0, 0.05) is 29.7 Å². The number of nitrogens with one attached hydrogen (secondary N) is 1. The molecule has 0 radical (unpaired) electrons. The summed E-state index contributed by atoms with van der Waals surface area (Å²) in [5.41, 5.74) is 1.45. The zero-order valence-electron chi connectivity index (χ0n) is 12.2. The van der Waals surface area contributed by atoms with Crippen molar-refractivity contribution < 1.29 is 0 Å². The largest absolute Gasteiger partial charge is 0.310 e. The molecule has 3 heteroatoms. The third-order valence-electron chi connectivity index (χ3n) is 4.40. The lowest BCUT2D eigenvalue weighted by Crippen LogP contribution is -2.49. The number of rotatable bonds is 3. The van der Waals surface area contributed by atoms with E-state index in [0.29, 0.717) is 6.04 Å². The number of nitrogens with zero attached hydrogens (tertiary/aromatic N) is 1. The lowest BCUT2D eigenvalue weighted by molar-refractivity contribution is 0.163. The molecule has 2 atom stereocenters. The Labute approximate surface area is 122 Å². The van der Waals surface area contributed by atoms with Gasteiger partial charge in [-0.25, -0.2) is 0 Å². The number of hydrogen-bond acceptors (Lipinski definition) is 2. The van der Waals surface area contributed by atoms with E-state index in [1.807, 2.05) is 12.1 Å². The first-order chi connectivity index (χ1) is 9.04. The van der Waals surface area contributed by atoms with Crippen molar-refractivity contribution in [1.82, 2.24) is 10.2 Å². The second kappa shape index (κ2) is 6.25. The van der Waals surface area contributed by atoms with Crippen molar-refractivity contribution in [2.24, 2.45) is 0 Å². The Morgan fingerprint density at radius 2 is 2.16 bits per heavy atom. The highest BCUT2D eigenvalue weighted by atomic mass is 35.5. The predicted octanol–water partition coefficient (Wildman–Crippen LogP) is 3.69. The molecule has 1 N–H and O–H groups in total. The van der Waals surface area contributed by atoms with Crippen LogP contribution in [0.15, 0.2) is 24.3 Å². The van der Waals surface area contributed by atoms with Gasteiger partial charge in [0.1, 0.15) is 0 Å². The van der Waals surface area contributed by atoms with E-state index in [0.717, 1.165) is 31.1 Å². The molecule has 0 saturated carbocycles. The monoisotopic (exact) mass is 280 g/mol. The molecule has 2 rings (SSSR count). The summed E-state index contributed by atoms with van der Waals surface area (Å²) in [6.07, 6.45) is 2.35. The van der Waals surface area contributed by atoms with Crippen molar-refractivity contribution in [2.45, 2.75) is 51.7 Å². The highest BCUT2D eigenvalue weighted by Gasteiger charge is 2.30. The molecule has 0 spiro atoms. The standard InChI is InChI=1S/C16H25ClN2/c1-4-16(3)12-19(13(2)9-10-18-16)11-14-7-5-6-8-15(14)17/h5-8,13,18H,4,9-12H2,1-3H3. The van der Waals surface area contributed by atoms with Crippen molar-refractivity contribution in [2.75, 3.05) is 13.1 Å². The fraction of sp³-hybridized carbons (Fsp3) is 0.625. The molecule has 1 aromatic carbocycles. The van der Waals surface area contributed by atoms with Crippen LogP contribution in [-0.2, 0) is 6.54 Å². The number of halogens is 1. The first kappa shape index (κ1) is 14.8. The molecule has 1 aliphatic rings. The van der Waals surface area contributed by atoms with Gasteiger partial charge in [-0.2, -0.15) is 0 Å². The van der Waals surface area contributed by atoms with Crippen molar-refractivity contribution in [1.29, 1.82) is 0 Å². The molecule has 1 saturated heterocycles. The molecule has 1 heterocycles. The molecule has 0 aliphatic carbocycles. The molecule has 106 valence electrons. The van der Waals surface area contributed by atoms with Crippen molar-refractivity contribution >= 4 is 11.6 Å². The fourth-order valence-corrected chi connectivity index (χ4v) is 2.91. The Kier molecular flexibility index (Phi) is 4.88. The number of benzene rings is 1. The Morgan fingerprint density at radius 1 is 1.42 bits per heavy atom. The Hall–Kier alpha value is -0.570. The first-order valence-corrected chi connectivity index (χ1v) is 7.64. The summed E-state index contributed by atoms with van der Waals surface area (Å²) in [6, 6.07) is 8.78. The minimum Gasteiger partial charge on any atom is -0.310 e. The van der Waals surface area contributed by atoms with Gasteiger partial charge < -0.3 is 5.32 Å². The smallest absolute Gasteiger partial charge is 0.0451 e. The van der Waals surface area contributed by atoms with Crippen LogP contribution < -0.4 is 5.32 Å². The molecule has 0 bridgehead atoms. The van der Waals surface area contributed by atoms with Crippen LogP contribution in [0.3, 0.4) is 0 Å². The first-order valence-electron chi connectivity index (χ1n) is 7.26. The minimum absolute atomic E-state index is 0.214. The van der Waals surface area contributed by atoms with Crippen molar-refractivity contribution in [3.63, 3.8) is 0 Å². The van der Waals surface area contributed by atoms with Crippen LogP contribution in [0, 0.1) is 0 Å². The summed E-state index contributed by atoms with van der Waals surface area (Å²) in [7, 11) is 0. The van der Waals surface area contributed by atoms with Gasteiger partial charge in [0.15, 0.2) is 0 Å². The normalized spacial score (nSPS) is 29.2. The average molecular weight is 281 g/mol. The van der Waals surface area contributed by atoms with E-state index < -0.39 is 0 Å². The van der Waals surface area contributed by atoms with Gasteiger partial charge in [0.2, 0.25) is 0 Å². The van der Waals surface area contributed by atoms with Crippen LogP contribution in [0.4, 0.5) is 0 Å². The molecule has 19 heavy (non-hydrogen) atoms. The maximum atomic E-state index is 6.29. The summed E-state index contributed by atoms with van der Waals surface area (Å²) >= 11 is 6.29. The predicted molar refractivity (Wildman–Crippen MR) is 82.6 cm³/mol. The van der Waals surface area contributed by atoms with Crippen molar-refractivity contribution in [3.05, 3.63) is 34.9 Å². The third-order valence-corrected chi connectivity index (χ3v) is 4.77. The fourth-order valence-electron chi connectivity index (χ4n) is 2.72. The zero-order chi connectivity index (χ0) is 13.9. The van der Waals surface area contributed by atoms with E-state index in [1.54, 1.807) is 0 Å². The second-order valence-corrected chi connectivity index (χ2v) is 6.38. The lowest BCUT2D eigenvalue weighted by atomic mass is 9.98. The van der Waals surface area contributed by atoms with Gasteiger partial charge in [-0.3, -0.25) is 4.90 Å². The van der Waals surface area contributed by atoms with Gasteiger partial charge in [-0.15, -0.1) is 0 Å². The van der Waals surface area contributed by atoms with Gasteiger partial charge in [-0.05, 0) is 44.9 Å². The van der Waals surface area contributed by atoms with Crippen LogP contribution >= 0.6 is 11.6 Å². The maximum Gasteiger partial charge on any atom is 0.0451 e. The van der Waals surface area contributed by atoms with Gasteiger partial charge >= 0.3 is 0 Å². The average Bonchev–Trinajstić information content (AvgIpc) is 2.53. The molecular formula is C16H25ClN2. The molecule has 0 aromatic heterocycles. The van der Waals surface area contributed by atoms with E-state index in [4.69, 9.17) is 11.6 Å². The maximum absolute atomic E-state index is 6.29. The molecule has 2 nitrogen and oxygen atoms in total. The van der Waals surface area contributed by atoms with Crippen LogP contribution in [0.2, 0.25) is 5.02 Å². The highest BCUT2D eigenvalue weighted by Crippen LogP contribution is 2.23. The topological polar surface area (TPSA) is 15.3 Å². The van der Waals surface area contributed by atoms with Crippen LogP contribution in [0.1, 0.15) is 39.2 Å². The van der Waals surface area contributed by atoms with Crippen LogP contribution in [0.5, 0.6) is 0 Å². The Balaban J connectivity index is 2.14. The summed E-state index contributed by atoms with van der Waals surface area (Å²) < 4.78 is 0. The third kappa shape index (κ3) is 3.71. The summed E-state index contributed by atoms with van der Waals surface area (Å²) in [4.78, 5) is 2.56. The minimum atomic E-state index is 0.214. The van der Waals surface area contributed by atoms with Gasteiger partial charge in [0.25, 0.3) is 0 Å². The molecule has 1 aliphatic heterocycles. The molecule has 2 unspecified atom stereocenters. The summed E-state index contributed by atoms with van der Waals surface area (Å²) in [6.45, 7) is 10.0. The molecular weight excluding hydrogens is 256 g/mol. The van der Waals surface area contributed by atoms with Crippen LogP contribution in [-0.4, -0.2) is 29.6 Å². The molecule has 1 aromatic rings. The Morgan fingerprint density at radius 3 is 2.84 bits per heavy atom. The van der Waals surface area contributed by atoms with E-state index >= 15 is 0 Å². The SMILES string of the molecule is CCC1(C)CN(Cc2ccccc2Cl)C(C)CCN1. The number of hydrogen-bond donors (Lipinski definition) is 1. The summed E-state index contributed by atoms with van der Waals surface area (Å²) in [5.74, 6) is 0. The zero-order valence-corrected chi connectivity index (χ0v) is 13.0. The van der Waals surface area contributed by atoms with Crippen molar-refractivity contribution in [3.8, 4) is 0 Å². The Bertz CT molecular complexity index is 421. The second-order valence-electron chi connectivity index (χ2n) is 5.98. The quantitative estimate of drug-likeness (QED) is 0.908. The highest BCUT2D eigenvalue weighted by molar-refractivity contribution is 6.31. The van der Waals surface area contributed by atoms with E-state index in [9.17, 15) is 0 Å². The van der Waals surface area contributed by atoms with E-state index in [2.05, 4.69) is 43.1 Å². The van der Waals surface area contributed by atoms with Crippen LogP contribution in [0.25, 0.3) is 0 Å². The lowest BCUT2D eigenvalue weighted by Gasteiger charge is -2.35.